The Kier molecular flexibility index (Phi) is 5.51. The Morgan fingerprint density at radius 3 is 3.06 bits per heavy atom. The molecule has 5 heteroatoms. The second kappa shape index (κ2) is 6.67. The number of nitrogens with one attached hydrogen (secondary N) is 2. The van der Waals surface area contributed by atoms with E-state index in [9.17, 15) is 4.79 Å². The highest BCUT2D eigenvalue weighted by Crippen LogP contribution is 2.09. The SMILES string of the molecule is Cc1occc1C(=O)NCC[C@H]1CCCN1.Cl. The van der Waals surface area contributed by atoms with Gasteiger partial charge in [0.25, 0.3) is 5.91 Å². The summed E-state index contributed by atoms with van der Waals surface area (Å²) in [6.07, 6.45) is 5.02. The molecular formula is C12H19ClN2O2. The van der Waals surface area contributed by atoms with Gasteiger partial charge in [-0.2, -0.15) is 0 Å². The molecule has 0 radical (unpaired) electrons. The highest BCUT2D eigenvalue weighted by molar-refractivity contribution is 5.94. The molecule has 17 heavy (non-hydrogen) atoms. The molecule has 1 fully saturated rings. The maximum absolute atomic E-state index is 11.7. The number of hydrogen-bond donors (Lipinski definition) is 2. The summed E-state index contributed by atoms with van der Waals surface area (Å²) in [6, 6.07) is 2.28. The quantitative estimate of drug-likeness (QED) is 0.867. The first-order valence-corrected chi connectivity index (χ1v) is 5.83. The normalized spacial score (nSPS) is 18.8. The smallest absolute Gasteiger partial charge is 0.254 e. The van der Waals surface area contributed by atoms with Crippen molar-refractivity contribution >= 4 is 18.3 Å². The zero-order valence-electron chi connectivity index (χ0n) is 9.99. The van der Waals surface area contributed by atoms with E-state index in [0.717, 1.165) is 19.5 Å². The van der Waals surface area contributed by atoms with Crippen LogP contribution in [0.1, 0.15) is 35.4 Å². The summed E-state index contributed by atoms with van der Waals surface area (Å²) < 4.78 is 5.09. The van der Waals surface area contributed by atoms with Gasteiger partial charge in [-0.05, 0) is 38.8 Å². The minimum absolute atomic E-state index is 0. The Bertz CT molecular complexity index is 359. The molecule has 2 N–H and O–H groups in total. The van der Waals surface area contributed by atoms with Gasteiger partial charge in [0.05, 0.1) is 11.8 Å². The minimum Gasteiger partial charge on any atom is -0.469 e. The Morgan fingerprint density at radius 1 is 1.65 bits per heavy atom. The molecule has 1 amide bonds. The Hall–Kier alpha value is -1.00. The van der Waals surface area contributed by atoms with Crippen LogP contribution in [-0.4, -0.2) is 25.0 Å². The second-order valence-electron chi connectivity index (χ2n) is 4.23. The van der Waals surface area contributed by atoms with Crippen molar-refractivity contribution in [2.45, 2.75) is 32.2 Å². The van der Waals surface area contributed by atoms with Gasteiger partial charge in [0.2, 0.25) is 0 Å². The highest BCUT2D eigenvalue weighted by Gasteiger charge is 2.15. The third-order valence-electron chi connectivity index (χ3n) is 3.04. The molecule has 96 valence electrons. The molecule has 4 nitrogen and oxygen atoms in total. The lowest BCUT2D eigenvalue weighted by atomic mass is 10.1. The van der Waals surface area contributed by atoms with Gasteiger partial charge in [-0.25, -0.2) is 0 Å². The summed E-state index contributed by atoms with van der Waals surface area (Å²) in [6.45, 7) is 3.63. The van der Waals surface area contributed by atoms with Gasteiger partial charge in [-0.15, -0.1) is 12.4 Å². The number of carbonyl (C=O) groups excluding carboxylic acids is 1. The first kappa shape index (κ1) is 14.1. The molecule has 1 saturated heterocycles. The van der Waals surface area contributed by atoms with E-state index in [1.807, 2.05) is 0 Å². The molecule has 0 bridgehead atoms. The van der Waals surface area contributed by atoms with Crippen molar-refractivity contribution < 1.29 is 9.21 Å². The first-order chi connectivity index (χ1) is 7.77. The fourth-order valence-corrected chi connectivity index (χ4v) is 2.08. The maximum atomic E-state index is 11.7. The van der Waals surface area contributed by atoms with Gasteiger partial charge in [0.1, 0.15) is 5.76 Å². The van der Waals surface area contributed by atoms with Crippen molar-refractivity contribution in [2.24, 2.45) is 0 Å². The maximum Gasteiger partial charge on any atom is 0.254 e. The molecule has 0 aliphatic carbocycles. The zero-order chi connectivity index (χ0) is 11.4. The number of hydrogen-bond acceptors (Lipinski definition) is 3. The summed E-state index contributed by atoms with van der Waals surface area (Å²) in [5, 5.41) is 6.32. The summed E-state index contributed by atoms with van der Waals surface area (Å²) in [7, 11) is 0. The summed E-state index contributed by atoms with van der Waals surface area (Å²) >= 11 is 0. The van der Waals surface area contributed by atoms with Crippen molar-refractivity contribution in [1.82, 2.24) is 10.6 Å². The van der Waals surface area contributed by atoms with Gasteiger partial charge >= 0.3 is 0 Å². The summed E-state index contributed by atoms with van der Waals surface area (Å²) in [5.74, 6) is 0.640. The Morgan fingerprint density at radius 2 is 2.47 bits per heavy atom. The zero-order valence-corrected chi connectivity index (χ0v) is 10.8. The van der Waals surface area contributed by atoms with Crippen molar-refractivity contribution in [3.8, 4) is 0 Å². The summed E-state index contributed by atoms with van der Waals surface area (Å²) in [4.78, 5) is 11.7. The molecule has 0 aromatic carbocycles. The Balaban J connectivity index is 0.00000144. The second-order valence-corrected chi connectivity index (χ2v) is 4.23. The van der Waals surface area contributed by atoms with Crippen LogP contribution in [0.5, 0.6) is 0 Å². The van der Waals surface area contributed by atoms with Crippen LogP contribution in [0, 0.1) is 6.92 Å². The average molecular weight is 259 g/mol. The fraction of sp³-hybridized carbons (Fsp3) is 0.583. The number of halogens is 1. The van der Waals surface area contributed by atoms with E-state index in [0.29, 0.717) is 17.4 Å². The third-order valence-corrected chi connectivity index (χ3v) is 3.04. The van der Waals surface area contributed by atoms with Crippen LogP contribution in [0.25, 0.3) is 0 Å². The van der Waals surface area contributed by atoms with Crippen LogP contribution < -0.4 is 10.6 Å². The van der Waals surface area contributed by atoms with Crippen molar-refractivity contribution in [3.05, 3.63) is 23.7 Å². The molecular weight excluding hydrogens is 240 g/mol. The predicted molar refractivity (Wildman–Crippen MR) is 68.7 cm³/mol. The first-order valence-electron chi connectivity index (χ1n) is 5.83. The molecule has 1 aromatic rings. The van der Waals surface area contributed by atoms with E-state index < -0.39 is 0 Å². The Labute approximate surface area is 108 Å². The van der Waals surface area contributed by atoms with Crippen LogP contribution in [-0.2, 0) is 0 Å². The van der Waals surface area contributed by atoms with Gasteiger partial charge in [-0.3, -0.25) is 4.79 Å². The number of amides is 1. The number of carbonyl (C=O) groups is 1. The van der Waals surface area contributed by atoms with Crippen molar-refractivity contribution in [3.63, 3.8) is 0 Å². The molecule has 0 unspecified atom stereocenters. The molecule has 1 atom stereocenters. The molecule has 1 aliphatic rings. The number of rotatable bonds is 4. The van der Waals surface area contributed by atoms with Gasteiger partial charge in [0, 0.05) is 12.6 Å². The minimum atomic E-state index is -0.0377. The monoisotopic (exact) mass is 258 g/mol. The van der Waals surface area contributed by atoms with E-state index in [-0.39, 0.29) is 18.3 Å². The largest absolute Gasteiger partial charge is 0.469 e. The van der Waals surface area contributed by atoms with Crippen LogP contribution in [0.2, 0.25) is 0 Å². The molecule has 2 heterocycles. The number of aryl methyl sites for hydroxylation is 1. The molecule has 0 saturated carbocycles. The third kappa shape index (κ3) is 3.75. The van der Waals surface area contributed by atoms with Crippen LogP contribution in [0.3, 0.4) is 0 Å². The average Bonchev–Trinajstić information content (AvgIpc) is 2.88. The van der Waals surface area contributed by atoms with Crippen LogP contribution >= 0.6 is 12.4 Å². The lowest BCUT2D eigenvalue weighted by Crippen LogP contribution is -2.30. The predicted octanol–water partition coefficient (Wildman–Crippen LogP) is 1.88. The fourth-order valence-electron chi connectivity index (χ4n) is 2.08. The van der Waals surface area contributed by atoms with E-state index in [1.54, 1.807) is 19.3 Å². The van der Waals surface area contributed by atoms with Crippen LogP contribution in [0.15, 0.2) is 16.7 Å². The summed E-state index contributed by atoms with van der Waals surface area (Å²) in [5.41, 5.74) is 0.638. The standard InChI is InChI=1S/C12H18N2O2.ClH/c1-9-11(5-8-16-9)12(15)14-7-4-10-3-2-6-13-10;/h5,8,10,13H,2-4,6-7H2,1H3,(H,14,15);1H/t10-;/m1./s1. The van der Waals surface area contributed by atoms with Crippen LogP contribution in [0.4, 0.5) is 0 Å². The van der Waals surface area contributed by atoms with Gasteiger partial charge < -0.3 is 15.1 Å². The van der Waals surface area contributed by atoms with Crippen molar-refractivity contribution in [2.75, 3.05) is 13.1 Å². The van der Waals surface area contributed by atoms with Crippen molar-refractivity contribution in [1.29, 1.82) is 0 Å². The highest BCUT2D eigenvalue weighted by atomic mass is 35.5. The lowest BCUT2D eigenvalue weighted by Gasteiger charge is -2.10. The molecule has 1 aliphatic heterocycles. The molecule has 1 aromatic heterocycles. The number of furan rings is 1. The van der Waals surface area contributed by atoms with E-state index in [4.69, 9.17) is 4.42 Å². The topological polar surface area (TPSA) is 54.3 Å². The van der Waals surface area contributed by atoms with E-state index in [2.05, 4.69) is 10.6 Å². The van der Waals surface area contributed by atoms with Gasteiger partial charge in [-0.1, -0.05) is 0 Å². The van der Waals surface area contributed by atoms with E-state index in [1.165, 1.54) is 12.8 Å². The lowest BCUT2D eigenvalue weighted by molar-refractivity contribution is 0.0951. The van der Waals surface area contributed by atoms with Gasteiger partial charge in [0.15, 0.2) is 0 Å². The molecule has 2 rings (SSSR count). The molecule has 0 spiro atoms. The van der Waals surface area contributed by atoms with E-state index >= 15 is 0 Å².